The first-order valence-electron chi connectivity index (χ1n) is 5.45. The maximum Gasteiger partial charge on any atom is 0.305 e. The highest BCUT2D eigenvalue weighted by Gasteiger charge is 2.40. The summed E-state index contributed by atoms with van der Waals surface area (Å²) in [5, 5.41) is 7.80. The summed E-state index contributed by atoms with van der Waals surface area (Å²) in [6, 6.07) is 0. The monoisotopic (exact) mass is 299 g/mol. The van der Waals surface area contributed by atoms with Gasteiger partial charge in [0.15, 0.2) is 14.9 Å². The van der Waals surface area contributed by atoms with Crippen LogP contribution in [-0.2, 0) is 24.7 Å². The van der Waals surface area contributed by atoms with Crippen LogP contribution in [0.25, 0.3) is 0 Å². The van der Waals surface area contributed by atoms with Crippen molar-refractivity contribution in [1.29, 1.82) is 0 Å². The van der Waals surface area contributed by atoms with Crippen molar-refractivity contribution in [1.82, 2.24) is 4.72 Å². The number of nitrogens with one attached hydrogen (secondary N) is 1. The minimum atomic E-state index is -4.03. The van der Waals surface area contributed by atoms with E-state index in [0.717, 1.165) is 19.1 Å². The zero-order chi connectivity index (χ0) is 14.0. The molecule has 2 N–H and O–H groups in total. The molecule has 1 saturated carbocycles. The Labute approximate surface area is 107 Å². The molecule has 9 heteroatoms. The van der Waals surface area contributed by atoms with Gasteiger partial charge in [-0.1, -0.05) is 12.8 Å². The molecule has 0 spiro atoms. The molecular weight excluding hydrogens is 282 g/mol. The normalized spacial score (nSPS) is 19.8. The standard InChI is InChI=1S/C9H17NO6S2/c1-17(13,14)7-18(15,16)10-9(6-8(11)12)4-2-3-5-9/h10H,2-7H2,1H3,(H,11,12). The van der Waals surface area contributed by atoms with Crippen LogP contribution in [-0.4, -0.2) is 44.8 Å². The molecule has 7 nitrogen and oxygen atoms in total. The van der Waals surface area contributed by atoms with E-state index in [1.54, 1.807) is 0 Å². The summed E-state index contributed by atoms with van der Waals surface area (Å²) < 4.78 is 47.7. The largest absolute Gasteiger partial charge is 0.481 e. The van der Waals surface area contributed by atoms with Gasteiger partial charge in [0.2, 0.25) is 10.0 Å². The van der Waals surface area contributed by atoms with Crippen molar-refractivity contribution < 1.29 is 26.7 Å². The lowest BCUT2D eigenvalue weighted by atomic mass is 9.95. The van der Waals surface area contributed by atoms with Gasteiger partial charge in [0.1, 0.15) is 0 Å². The molecule has 0 bridgehead atoms. The predicted molar refractivity (Wildman–Crippen MR) is 65.2 cm³/mol. The molecule has 0 aromatic carbocycles. The maximum atomic E-state index is 11.7. The Kier molecular flexibility index (Phi) is 4.39. The van der Waals surface area contributed by atoms with Crippen molar-refractivity contribution >= 4 is 25.8 Å². The highest BCUT2D eigenvalue weighted by atomic mass is 32.3. The molecule has 0 atom stereocenters. The number of sulfone groups is 1. The van der Waals surface area contributed by atoms with Gasteiger partial charge in [0, 0.05) is 11.8 Å². The van der Waals surface area contributed by atoms with Gasteiger partial charge in [-0.25, -0.2) is 21.6 Å². The number of carboxylic acids is 1. The van der Waals surface area contributed by atoms with Crippen LogP contribution in [0.2, 0.25) is 0 Å². The number of hydrogen-bond acceptors (Lipinski definition) is 5. The van der Waals surface area contributed by atoms with Crippen molar-refractivity contribution in [2.45, 2.75) is 37.6 Å². The summed E-state index contributed by atoms with van der Waals surface area (Å²) in [5.41, 5.74) is -1.03. The lowest BCUT2D eigenvalue weighted by Crippen LogP contribution is -2.49. The molecule has 106 valence electrons. The molecule has 1 aliphatic rings. The molecule has 0 aliphatic heterocycles. The van der Waals surface area contributed by atoms with E-state index in [1.807, 2.05) is 0 Å². The number of carboxylic acid groups (broad SMARTS) is 1. The Morgan fingerprint density at radius 1 is 1.22 bits per heavy atom. The van der Waals surface area contributed by atoms with E-state index in [0.29, 0.717) is 12.8 Å². The van der Waals surface area contributed by atoms with E-state index in [2.05, 4.69) is 4.72 Å². The van der Waals surface area contributed by atoms with Gasteiger partial charge in [-0.2, -0.15) is 0 Å². The molecule has 18 heavy (non-hydrogen) atoms. The lowest BCUT2D eigenvalue weighted by molar-refractivity contribution is -0.138. The molecule has 0 heterocycles. The van der Waals surface area contributed by atoms with Crippen molar-refractivity contribution in [3.63, 3.8) is 0 Å². The van der Waals surface area contributed by atoms with Crippen molar-refractivity contribution in [3.05, 3.63) is 0 Å². The number of rotatable bonds is 6. The van der Waals surface area contributed by atoms with Crippen LogP contribution < -0.4 is 4.72 Å². The second-order valence-corrected chi connectivity index (χ2v) is 9.05. The highest BCUT2D eigenvalue weighted by Crippen LogP contribution is 2.33. The topological polar surface area (TPSA) is 118 Å². The number of sulfonamides is 1. The van der Waals surface area contributed by atoms with Gasteiger partial charge in [0.25, 0.3) is 0 Å². The molecule has 0 aromatic rings. The van der Waals surface area contributed by atoms with E-state index < -0.39 is 36.5 Å². The average Bonchev–Trinajstić information content (AvgIpc) is 2.44. The summed E-state index contributed by atoms with van der Waals surface area (Å²) in [7, 11) is -7.70. The number of aliphatic carboxylic acids is 1. The third kappa shape index (κ3) is 4.91. The lowest BCUT2D eigenvalue weighted by Gasteiger charge is -2.27. The van der Waals surface area contributed by atoms with Crippen LogP contribution in [0.4, 0.5) is 0 Å². The first-order valence-corrected chi connectivity index (χ1v) is 9.16. The van der Waals surface area contributed by atoms with E-state index in [-0.39, 0.29) is 6.42 Å². The van der Waals surface area contributed by atoms with E-state index in [9.17, 15) is 21.6 Å². The van der Waals surface area contributed by atoms with Gasteiger partial charge in [-0.05, 0) is 12.8 Å². The average molecular weight is 299 g/mol. The van der Waals surface area contributed by atoms with Gasteiger partial charge in [-0.3, -0.25) is 4.79 Å². The van der Waals surface area contributed by atoms with Crippen LogP contribution in [0.15, 0.2) is 0 Å². The van der Waals surface area contributed by atoms with Crippen molar-refractivity contribution in [3.8, 4) is 0 Å². The number of hydrogen-bond donors (Lipinski definition) is 2. The van der Waals surface area contributed by atoms with Crippen molar-refractivity contribution in [2.24, 2.45) is 0 Å². The summed E-state index contributed by atoms with van der Waals surface area (Å²) in [6.07, 6.45) is 2.80. The zero-order valence-electron chi connectivity index (χ0n) is 10.0. The molecule has 0 unspecified atom stereocenters. The Morgan fingerprint density at radius 3 is 2.11 bits per heavy atom. The fourth-order valence-corrected chi connectivity index (χ4v) is 5.72. The van der Waals surface area contributed by atoms with Gasteiger partial charge >= 0.3 is 5.97 Å². The minimum absolute atomic E-state index is 0.323. The van der Waals surface area contributed by atoms with Gasteiger partial charge in [-0.15, -0.1) is 0 Å². The molecular formula is C9H17NO6S2. The summed E-state index contributed by atoms with van der Waals surface area (Å²) >= 11 is 0. The Bertz CT molecular complexity index is 515. The molecule has 0 amide bonds. The van der Waals surface area contributed by atoms with Gasteiger partial charge < -0.3 is 5.11 Å². The quantitative estimate of drug-likeness (QED) is 0.695. The second-order valence-electron chi connectivity index (χ2n) is 4.82. The maximum absolute atomic E-state index is 11.7. The fourth-order valence-electron chi connectivity index (χ4n) is 2.30. The molecule has 0 radical (unpaired) electrons. The van der Waals surface area contributed by atoms with Crippen molar-refractivity contribution in [2.75, 3.05) is 11.3 Å². The molecule has 1 aliphatic carbocycles. The SMILES string of the molecule is CS(=O)(=O)CS(=O)(=O)NC1(CC(=O)O)CCCC1. The van der Waals surface area contributed by atoms with Gasteiger partial charge in [0.05, 0.1) is 6.42 Å². The van der Waals surface area contributed by atoms with Crippen LogP contribution >= 0.6 is 0 Å². The van der Waals surface area contributed by atoms with E-state index in [1.165, 1.54) is 0 Å². The zero-order valence-corrected chi connectivity index (χ0v) is 11.7. The molecule has 0 saturated heterocycles. The summed E-state index contributed by atoms with van der Waals surface area (Å²) in [5.74, 6) is -1.10. The molecule has 0 aromatic heterocycles. The van der Waals surface area contributed by atoms with Crippen LogP contribution in [0.3, 0.4) is 0 Å². The third-order valence-electron chi connectivity index (χ3n) is 2.79. The second kappa shape index (κ2) is 5.14. The fraction of sp³-hybridized carbons (Fsp3) is 0.889. The van der Waals surface area contributed by atoms with Crippen LogP contribution in [0.5, 0.6) is 0 Å². The summed E-state index contributed by atoms with van der Waals surface area (Å²) in [4.78, 5) is 10.8. The Morgan fingerprint density at radius 2 is 1.72 bits per heavy atom. The first kappa shape index (κ1) is 15.4. The van der Waals surface area contributed by atoms with Crippen LogP contribution in [0.1, 0.15) is 32.1 Å². The smallest absolute Gasteiger partial charge is 0.305 e. The summed E-state index contributed by atoms with van der Waals surface area (Å²) in [6.45, 7) is 0. The third-order valence-corrected chi connectivity index (χ3v) is 6.49. The van der Waals surface area contributed by atoms with E-state index >= 15 is 0 Å². The van der Waals surface area contributed by atoms with Crippen LogP contribution in [0, 0.1) is 0 Å². The first-order chi connectivity index (χ1) is 8.04. The Hall–Kier alpha value is -0.670. The van der Waals surface area contributed by atoms with E-state index in [4.69, 9.17) is 5.11 Å². The number of carbonyl (C=O) groups is 1. The molecule has 1 rings (SSSR count). The Balaban J connectivity index is 2.88. The predicted octanol–water partition coefficient (Wildman–Crippen LogP) is -0.305. The highest BCUT2D eigenvalue weighted by molar-refractivity contribution is 8.06. The minimum Gasteiger partial charge on any atom is -0.481 e. The molecule has 1 fully saturated rings.